The average Bonchev–Trinajstić information content (AvgIpc) is 3.38. The van der Waals surface area contributed by atoms with Crippen molar-refractivity contribution >= 4 is 46.4 Å². The summed E-state index contributed by atoms with van der Waals surface area (Å²) in [4.78, 5) is 13.7. The first-order chi connectivity index (χ1) is 16.0. The summed E-state index contributed by atoms with van der Waals surface area (Å²) in [5.41, 5.74) is 1.75. The van der Waals surface area contributed by atoms with Gasteiger partial charge in [0.25, 0.3) is 0 Å². The van der Waals surface area contributed by atoms with Crippen LogP contribution in [-0.4, -0.2) is 35.8 Å². The molecular weight excluding hydrogens is 514 g/mol. The maximum absolute atomic E-state index is 14.4. The number of hydrogen-bond acceptors (Lipinski definition) is 4. The van der Waals surface area contributed by atoms with Crippen LogP contribution in [0.4, 0.5) is 13.2 Å². The van der Waals surface area contributed by atoms with E-state index in [9.17, 15) is 18.0 Å². The molecule has 3 heterocycles. The van der Waals surface area contributed by atoms with E-state index in [1.54, 1.807) is 11.0 Å². The van der Waals surface area contributed by atoms with Crippen LogP contribution in [0.25, 0.3) is 0 Å². The summed E-state index contributed by atoms with van der Waals surface area (Å²) in [6, 6.07) is 7.74. The molecule has 2 aromatic carbocycles. The predicted octanol–water partition coefficient (Wildman–Crippen LogP) is 5.78. The molecule has 11 heteroatoms. The smallest absolute Gasteiger partial charge is 0.362 e. The highest BCUT2D eigenvalue weighted by Gasteiger charge is 2.59. The number of benzene rings is 2. The summed E-state index contributed by atoms with van der Waals surface area (Å²) in [5, 5.41) is 3.91. The van der Waals surface area contributed by atoms with E-state index in [-0.39, 0.29) is 32.3 Å². The lowest BCUT2D eigenvalue weighted by molar-refractivity contribution is -0.196. The number of ether oxygens (including phenoxy) is 1. The summed E-state index contributed by atoms with van der Waals surface area (Å²) >= 11 is 18.0. The molecule has 0 aliphatic carbocycles. The van der Waals surface area contributed by atoms with E-state index in [1.807, 2.05) is 19.1 Å². The number of alkyl halides is 3. The Hall–Kier alpha value is -2.00. The number of hydrazone groups is 1. The Morgan fingerprint density at radius 1 is 1.18 bits per heavy atom. The van der Waals surface area contributed by atoms with E-state index in [2.05, 4.69) is 10.5 Å². The number of hydrogen-bond donors (Lipinski definition) is 1. The molecule has 0 aromatic heterocycles. The van der Waals surface area contributed by atoms with Gasteiger partial charge in [-0.2, -0.15) is 18.3 Å². The fraction of sp³-hybridized carbons (Fsp3) is 0.391. The van der Waals surface area contributed by atoms with E-state index in [0.29, 0.717) is 31.7 Å². The second-order valence-electron chi connectivity index (χ2n) is 8.76. The fourth-order valence-corrected chi connectivity index (χ4v) is 5.41. The predicted molar refractivity (Wildman–Crippen MR) is 123 cm³/mol. The van der Waals surface area contributed by atoms with Gasteiger partial charge in [-0.1, -0.05) is 53.9 Å². The number of amides is 1. The number of nitrogens with zero attached hydrogens (tertiary/aromatic N) is 2. The van der Waals surface area contributed by atoms with Gasteiger partial charge in [-0.15, -0.1) is 0 Å². The normalized spacial score (nSPS) is 22.9. The Morgan fingerprint density at radius 2 is 1.85 bits per heavy atom. The van der Waals surface area contributed by atoms with Crippen molar-refractivity contribution in [3.05, 3.63) is 67.7 Å². The molecule has 0 radical (unpaired) electrons. The van der Waals surface area contributed by atoms with Crippen molar-refractivity contribution in [1.29, 1.82) is 0 Å². The highest BCUT2D eigenvalue weighted by molar-refractivity contribution is 6.48. The molecule has 180 valence electrons. The van der Waals surface area contributed by atoms with Gasteiger partial charge in [0.15, 0.2) is 5.54 Å². The van der Waals surface area contributed by atoms with Crippen LogP contribution in [0.15, 0.2) is 35.4 Å². The van der Waals surface area contributed by atoms with Crippen molar-refractivity contribution < 1.29 is 22.7 Å². The fourth-order valence-electron chi connectivity index (χ4n) is 4.82. The van der Waals surface area contributed by atoms with Crippen LogP contribution in [0, 0.1) is 0 Å². The number of carbonyl (C=O) groups excluding carboxylic acids is 1. The van der Waals surface area contributed by atoms with Crippen molar-refractivity contribution in [3.63, 3.8) is 0 Å². The second-order valence-corrected chi connectivity index (χ2v) is 9.95. The first kappa shape index (κ1) is 23.7. The van der Waals surface area contributed by atoms with Crippen molar-refractivity contribution in [2.24, 2.45) is 5.10 Å². The van der Waals surface area contributed by atoms with E-state index < -0.39 is 23.7 Å². The quantitative estimate of drug-likeness (QED) is 0.510. The molecule has 34 heavy (non-hydrogen) atoms. The number of likely N-dealkylation sites (tertiary alicyclic amines) is 1. The molecule has 1 spiro atoms. The third-order valence-electron chi connectivity index (χ3n) is 6.76. The van der Waals surface area contributed by atoms with E-state index in [4.69, 9.17) is 39.5 Å². The molecule has 1 saturated heterocycles. The van der Waals surface area contributed by atoms with Crippen molar-refractivity contribution in [1.82, 2.24) is 10.3 Å². The molecule has 1 N–H and O–H groups in total. The average molecular weight is 533 g/mol. The van der Waals surface area contributed by atoms with Crippen LogP contribution in [-0.2, 0) is 27.3 Å². The van der Waals surface area contributed by atoms with Crippen LogP contribution < -0.4 is 5.43 Å². The van der Waals surface area contributed by atoms with E-state index in [0.717, 1.165) is 23.3 Å². The zero-order valence-electron chi connectivity index (χ0n) is 17.9. The highest BCUT2D eigenvalue weighted by atomic mass is 35.5. The molecule has 5 nitrogen and oxygen atoms in total. The molecule has 1 fully saturated rings. The molecule has 1 unspecified atom stereocenters. The number of halogens is 6. The molecule has 5 rings (SSSR count). The highest BCUT2D eigenvalue weighted by Crippen LogP contribution is 2.48. The van der Waals surface area contributed by atoms with Crippen LogP contribution in [0.5, 0.6) is 0 Å². The maximum atomic E-state index is 14.4. The van der Waals surface area contributed by atoms with Gasteiger partial charge in [0.05, 0.1) is 40.5 Å². The van der Waals surface area contributed by atoms with Crippen LogP contribution in [0.3, 0.4) is 0 Å². The molecule has 2 aromatic rings. The lowest BCUT2D eigenvalue weighted by Crippen LogP contribution is -2.61. The lowest BCUT2D eigenvalue weighted by atomic mass is 9.82. The first-order valence-corrected chi connectivity index (χ1v) is 11.7. The van der Waals surface area contributed by atoms with Gasteiger partial charge in [-0.3, -0.25) is 10.2 Å². The topological polar surface area (TPSA) is 53.9 Å². The molecule has 0 saturated carbocycles. The minimum Gasteiger partial charge on any atom is -0.362 e. The monoisotopic (exact) mass is 531 g/mol. The Kier molecular flexibility index (Phi) is 5.59. The molecule has 1 amide bonds. The zero-order valence-corrected chi connectivity index (χ0v) is 20.2. The molecule has 0 bridgehead atoms. The zero-order chi connectivity index (χ0) is 24.5. The van der Waals surface area contributed by atoms with E-state index in [1.165, 1.54) is 0 Å². The SMILES string of the molecule is CCC(=O)N1CC2(C1)OCc1cc(C3=NNC(c4cc(Cl)c(Cl)c(Cl)c4)(C(F)(F)F)C3)ccc12. The minimum absolute atomic E-state index is 0.00806. The van der Waals surface area contributed by atoms with Gasteiger partial charge < -0.3 is 9.64 Å². The number of fused-ring (bicyclic) bond motifs is 2. The Morgan fingerprint density at radius 3 is 2.47 bits per heavy atom. The second kappa shape index (κ2) is 8.01. The largest absolute Gasteiger partial charge is 0.417 e. The lowest BCUT2D eigenvalue weighted by Gasteiger charge is -2.47. The molecule has 3 aliphatic rings. The third kappa shape index (κ3) is 3.49. The summed E-state index contributed by atoms with van der Waals surface area (Å²) < 4.78 is 49.1. The van der Waals surface area contributed by atoms with Gasteiger partial charge in [-0.25, -0.2) is 0 Å². The number of carbonyl (C=O) groups is 1. The molecule has 3 aliphatic heterocycles. The standard InChI is InChI=1S/C23H19Cl3F3N3O2/c1-2-19(33)32-10-21(11-32)15-4-3-12(5-13(15)9-34-21)18-8-22(31-30-18,23(27,28)29)14-6-16(24)20(26)17(25)7-14/h3-7,31H,2,8-11H2,1H3. The molecule has 1 atom stereocenters. The molecular formula is C23H19Cl3F3N3O2. The Balaban J connectivity index is 1.43. The summed E-state index contributed by atoms with van der Waals surface area (Å²) in [6.45, 7) is 3.09. The summed E-state index contributed by atoms with van der Waals surface area (Å²) in [6.07, 6.45) is -4.71. The van der Waals surface area contributed by atoms with Gasteiger partial charge >= 0.3 is 6.18 Å². The van der Waals surface area contributed by atoms with Gasteiger partial charge in [0.2, 0.25) is 5.91 Å². The van der Waals surface area contributed by atoms with Gasteiger partial charge in [0.1, 0.15) is 5.60 Å². The van der Waals surface area contributed by atoms with Crippen LogP contribution >= 0.6 is 34.8 Å². The first-order valence-electron chi connectivity index (χ1n) is 10.6. The number of rotatable bonds is 3. The number of nitrogens with one attached hydrogen (secondary N) is 1. The van der Waals surface area contributed by atoms with E-state index >= 15 is 0 Å². The minimum atomic E-state index is -4.69. The third-order valence-corrected chi connectivity index (χ3v) is 7.95. The van der Waals surface area contributed by atoms with Crippen LogP contribution in [0.2, 0.25) is 15.1 Å². The Bertz CT molecular complexity index is 1200. The van der Waals surface area contributed by atoms with Gasteiger partial charge in [-0.05, 0) is 40.5 Å². The summed E-state index contributed by atoms with van der Waals surface area (Å²) in [5.74, 6) is 0.0663. The Labute approximate surface area is 208 Å². The maximum Gasteiger partial charge on any atom is 0.417 e. The van der Waals surface area contributed by atoms with Crippen LogP contribution in [0.1, 0.15) is 42.0 Å². The van der Waals surface area contributed by atoms with Crippen molar-refractivity contribution in [3.8, 4) is 0 Å². The van der Waals surface area contributed by atoms with Gasteiger partial charge in [0, 0.05) is 12.8 Å². The summed E-state index contributed by atoms with van der Waals surface area (Å²) in [7, 11) is 0. The van der Waals surface area contributed by atoms with Crippen molar-refractivity contribution in [2.45, 2.75) is 43.7 Å². The van der Waals surface area contributed by atoms with Crippen molar-refractivity contribution in [2.75, 3.05) is 13.1 Å².